The Morgan fingerprint density at radius 1 is 1.31 bits per heavy atom. The van der Waals surface area contributed by atoms with Crippen molar-refractivity contribution in [3.63, 3.8) is 0 Å². The number of aromatic nitrogens is 1. The molecule has 8 heteroatoms. The third-order valence-corrected chi connectivity index (χ3v) is 4.55. The lowest BCUT2D eigenvalue weighted by Crippen LogP contribution is -2.39. The second-order valence-corrected chi connectivity index (χ2v) is 6.52. The van der Waals surface area contributed by atoms with E-state index in [1.54, 1.807) is 23.5 Å². The van der Waals surface area contributed by atoms with Crippen molar-refractivity contribution >= 4 is 41.3 Å². The van der Waals surface area contributed by atoms with Gasteiger partial charge in [0.05, 0.1) is 11.6 Å². The lowest BCUT2D eigenvalue weighted by atomic mass is 10.3. The summed E-state index contributed by atoms with van der Waals surface area (Å²) in [4.78, 5) is 10.3. The Bertz CT molecular complexity index is 681. The number of aliphatic imine (C=N–C) groups is 1. The van der Waals surface area contributed by atoms with Gasteiger partial charge >= 0.3 is 0 Å². The Morgan fingerprint density at radius 2 is 2.15 bits per heavy atom. The number of halogens is 2. The SMILES string of the molecule is CCNC(=NCCc1ncc(CC)s1)NCCOc1cccc(F)c1.I. The van der Waals surface area contributed by atoms with Crippen LogP contribution in [0.2, 0.25) is 0 Å². The summed E-state index contributed by atoms with van der Waals surface area (Å²) >= 11 is 1.75. The molecule has 1 heterocycles. The zero-order chi connectivity index (χ0) is 17.9. The molecule has 2 N–H and O–H groups in total. The fourth-order valence-corrected chi connectivity index (χ4v) is 2.98. The van der Waals surface area contributed by atoms with E-state index in [9.17, 15) is 4.39 Å². The van der Waals surface area contributed by atoms with E-state index in [1.807, 2.05) is 13.1 Å². The number of nitrogens with one attached hydrogen (secondary N) is 2. The molecule has 0 saturated carbocycles. The monoisotopic (exact) mass is 492 g/mol. The van der Waals surface area contributed by atoms with Gasteiger partial charge < -0.3 is 15.4 Å². The molecule has 2 rings (SSSR count). The van der Waals surface area contributed by atoms with Gasteiger partial charge in [-0.2, -0.15) is 0 Å². The van der Waals surface area contributed by atoms with Crippen LogP contribution in [0.1, 0.15) is 23.7 Å². The van der Waals surface area contributed by atoms with E-state index in [2.05, 4.69) is 27.5 Å². The number of rotatable bonds is 9. The lowest BCUT2D eigenvalue weighted by molar-refractivity contribution is 0.320. The van der Waals surface area contributed by atoms with Gasteiger partial charge in [-0.25, -0.2) is 9.37 Å². The van der Waals surface area contributed by atoms with E-state index in [1.165, 1.54) is 17.0 Å². The minimum absolute atomic E-state index is 0. The average Bonchev–Trinajstić information content (AvgIpc) is 3.07. The lowest BCUT2D eigenvalue weighted by Gasteiger charge is -2.12. The Kier molecular flexibility index (Phi) is 11.2. The van der Waals surface area contributed by atoms with Crippen LogP contribution in [-0.2, 0) is 12.8 Å². The second kappa shape index (κ2) is 12.9. The summed E-state index contributed by atoms with van der Waals surface area (Å²) in [5.41, 5.74) is 0. The molecular weight excluding hydrogens is 466 g/mol. The Balaban J connectivity index is 0.00000338. The molecule has 0 bridgehead atoms. The van der Waals surface area contributed by atoms with Crippen LogP contribution in [0.3, 0.4) is 0 Å². The van der Waals surface area contributed by atoms with E-state index in [-0.39, 0.29) is 29.8 Å². The van der Waals surface area contributed by atoms with Crippen LogP contribution in [0.25, 0.3) is 0 Å². The van der Waals surface area contributed by atoms with Crippen LogP contribution in [0, 0.1) is 5.82 Å². The summed E-state index contributed by atoms with van der Waals surface area (Å²) in [6.45, 7) is 6.63. The summed E-state index contributed by atoms with van der Waals surface area (Å²) in [6, 6.07) is 6.14. The van der Waals surface area contributed by atoms with E-state index in [0.29, 0.717) is 25.4 Å². The highest BCUT2D eigenvalue weighted by Crippen LogP contribution is 2.13. The molecule has 1 aromatic carbocycles. The minimum Gasteiger partial charge on any atom is -0.492 e. The van der Waals surface area contributed by atoms with Gasteiger partial charge in [0.25, 0.3) is 0 Å². The van der Waals surface area contributed by atoms with E-state index < -0.39 is 0 Å². The molecule has 0 spiro atoms. The fraction of sp³-hybridized carbons (Fsp3) is 0.444. The normalized spacial score (nSPS) is 11.0. The van der Waals surface area contributed by atoms with Crippen LogP contribution < -0.4 is 15.4 Å². The maximum absolute atomic E-state index is 13.1. The molecule has 26 heavy (non-hydrogen) atoms. The summed E-state index contributed by atoms with van der Waals surface area (Å²) in [6.07, 6.45) is 3.80. The molecule has 0 saturated heterocycles. The first-order chi connectivity index (χ1) is 12.2. The van der Waals surface area contributed by atoms with Gasteiger partial charge in [-0.1, -0.05) is 13.0 Å². The highest BCUT2D eigenvalue weighted by molar-refractivity contribution is 14.0. The molecule has 0 atom stereocenters. The molecule has 0 fully saturated rings. The standard InChI is InChI=1S/C18H25FN4OS.HI/c1-3-16-13-23-17(25-16)8-9-21-18(20-4-2)22-10-11-24-15-7-5-6-14(19)12-15;/h5-7,12-13H,3-4,8-11H2,1-2H3,(H2,20,21,22);1H. The van der Waals surface area contributed by atoms with Crippen LogP contribution in [0.4, 0.5) is 4.39 Å². The Morgan fingerprint density at radius 3 is 2.85 bits per heavy atom. The minimum atomic E-state index is -0.297. The number of aryl methyl sites for hydroxylation is 1. The molecule has 5 nitrogen and oxygen atoms in total. The number of benzene rings is 1. The first kappa shape index (κ1) is 22.6. The number of ether oxygens (including phenoxy) is 1. The molecule has 144 valence electrons. The van der Waals surface area contributed by atoms with Crippen molar-refractivity contribution in [2.75, 3.05) is 26.2 Å². The van der Waals surface area contributed by atoms with E-state index >= 15 is 0 Å². The molecule has 0 unspecified atom stereocenters. The van der Waals surface area contributed by atoms with Crippen LogP contribution in [0.5, 0.6) is 5.75 Å². The zero-order valence-corrected chi connectivity index (χ0v) is 18.3. The van der Waals surface area contributed by atoms with E-state index in [4.69, 9.17) is 4.74 Å². The maximum atomic E-state index is 13.1. The number of nitrogens with zero attached hydrogens (tertiary/aromatic N) is 2. The highest BCUT2D eigenvalue weighted by Gasteiger charge is 2.02. The second-order valence-electron chi connectivity index (χ2n) is 5.32. The quantitative estimate of drug-likeness (QED) is 0.243. The maximum Gasteiger partial charge on any atom is 0.191 e. The van der Waals surface area contributed by atoms with E-state index in [0.717, 1.165) is 30.4 Å². The predicted molar refractivity (Wildman–Crippen MR) is 116 cm³/mol. The number of hydrogen-bond donors (Lipinski definition) is 2. The molecule has 0 aliphatic carbocycles. The molecule has 1 aromatic heterocycles. The van der Waals surface area contributed by atoms with Gasteiger partial charge in [-0.05, 0) is 25.5 Å². The van der Waals surface area contributed by atoms with Gasteiger partial charge in [0, 0.05) is 36.7 Å². The van der Waals surface area contributed by atoms with Crippen molar-refractivity contribution in [2.45, 2.75) is 26.7 Å². The smallest absolute Gasteiger partial charge is 0.191 e. The van der Waals surface area contributed by atoms with Crippen molar-refractivity contribution in [3.05, 3.63) is 46.2 Å². The van der Waals surface area contributed by atoms with Gasteiger partial charge in [0.15, 0.2) is 5.96 Å². The van der Waals surface area contributed by atoms with Crippen molar-refractivity contribution < 1.29 is 9.13 Å². The highest BCUT2D eigenvalue weighted by atomic mass is 127. The number of hydrogen-bond acceptors (Lipinski definition) is 4. The first-order valence-electron chi connectivity index (χ1n) is 8.55. The van der Waals surface area contributed by atoms with Crippen LogP contribution in [0.15, 0.2) is 35.5 Å². The topological polar surface area (TPSA) is 58.5 Å². The van der Waals surface area contributed by atoms with Gasteiger partial charge in [-0.15, -0.1) is 35.3 Å². The molecule has 0 amide bonds. The molecule has 0 radical (unpaired) electrons. The third-order valence-electron chi connectivity index (χ3n) is 3.35. The predicted octanol–water partition coefficient (Wildman–Crippen LogP) is 3.64. The molecule has 2 aromatic rings. The molecular formula is C18H26FIN4OS. The summed E-state index contributed by atoms with van der Waals surface area (Å²) in [5, 5.41) is 7.53. The van der Waals surface area contributed by atoms with Gasteiger partial charge in [0.1, 0.15) is 18.2 Å². The largest absolute Gasteiger partial charge is 0.492 e. The molecule has 0 aliphatic heterocycles. The molecule has 0 aliphatic rings. The summed E-state index contributed by atoms with van der Waals surface area (Å²) in [5.74, 6) is 0.977. The van der Waals surface area contributed by atoms with Crippen LogP contribution >= 0.6 is 35.3 Å². The van der Waals surface area contributed by atoms with Crippen molar-refractivity contribution in [3.8, 4) is 5.75 Å². The summed E-state index contributed by atoms with van der Waals surface area (Å²) in [7, 11) is 0. The fourth-order valence-electron chi connectivity index (χ4n) is 2.13. The van der Waals surface area contributed by atoms with Crippen molar-refractivity contribution in [1.82, 2.24) is 15.6 Å². The zero-order valence-electron chi connectivity index (χ0n) is 15.1. The third kappa shape index (κ3) is 8.31. The number of thiazole rings is 1. The Hall–Kier alpha value is -1.42. The van der Waals surface area contributed by atoms with Crippen LogP contribution in [-0.4, -0.2) is 37.2 Å². The van der Waals surface area contributed by atoms with Gasteiger partial charge in [0.2, 0.25) is 0 Å². The van der Waals surface area contributed by atoms with Crippen molar-refractivity contribution in [2.24, 2.45) is 4.99 Å². The summed E-state index contributed by atoms with van der Waals surface area (Å²) < 4.78 is 18.6. The van der Waals surface area contributed by atoms with Gasteiger partial charge in [-0.3, -0.25) is 4.99 Å². The average molecular weight is 492 g/mol. The Labute approximate surface area is 175 Å². The van der Waals surface area contributed by atoms with Crippen molar-refractivity contribution in [1.29, 1.82) is 0 Å². The first-order valence-corrected chi connectivity index (χ1v) is 9.37. The number of guanidine groups is 1.